The number of aliphatic carboxylic acids is 1. The Hall–Kier alpha value is -2.46. The fraction of sp³-hybridized carbons (Fsp3) is 0.591. The van der Waals surface area contributed by atoms with Gasteiger partial charge in [0.05, 0.1) is 17.7 Å². The van der Waals surface area contributed by atoms with Crippen LogP contribution in [-0.4, -0.2) is 46.6 Å². The van der Waals surface area contributed by atoms with Crippen molar-refractivity contribution in [3.8, 4) is 17.0 Å². The number of ether oxygens (including phenoxy) is 1. The summed E-state index contributed by atoms with van der Waals surface area (Å²) in [6.07, 6.45) is 6.64. The Morgan fingerprint density at radius 1 is 1.16 bits per heavy atom. The van der Waals surface area contributed by atoms with Crippen LogP contribution in [0.5, 0.6) is 5.75 Å². The first-order chi connectivity index (χ1) is 15.3. The summed E-state index contributed by atoms with van der Waals surface area (Å²) in [5.74, 6) is -0.638. The van der Waals surface area contributed by atoms with Crippen molar-refractivity contribution < 1.29 is 23.1 Å². The molecule has 10 heteroatoms. The lowest BCUT2D eigenvalue weighted by atomic mass is 9.87. The average Bonchev–Trinajstić information content (AvgIpc) is 3.38. The maximum absolute atomic E-state index is 12.7. The summed E-state index contributed by atoms with van der Waals surface area (Å²) < 4.78 is 35.7. The van der Waals surface area contributed by atoms with E-state index in [0.29, 0.717) is 30.0 Å². The van der Waals surface area contributed by atoms with Crippen LogP contribution in [0.25, 0.3) is 11.3 Å². The Balaban J connectivity index is 1.45. The molecule has 0 aliphatic heterocycles. The summed E-state index contributed by atoms with van der Waals surface area (Å²) in [4.78, 5) is 11.3. The van der Waals surface area contributed by atoms with Gasteiger partial charge in [-0.2, -0.15) is 0 Å². The van der Waals surface area contributed by atoms with Gasteiger partial charge in [0, 0.05) is 18.7 Å². The number of nitrogens with zero attached hydrogens (tertiary/aromatic N) is 3. The number of benzene rings is 1. The molecule has 0 saturated heterocycles. The first-order valence-electron chi connectivity index (χ1n) is 11.2. The lowest BCUT2D eigenvalue weighted by molar-refractivity contribution is -0.143. The summed E-state index contributed by atoms with van der Waals surface area (Å²) in [7, 11) is -1.81. The van der Waals surface area contributed by atoms with Crippen molar-refractivity contribution in [1.82, 2.24) is 19.7 Å². The number of aryl methyl sites for hydroxylation is 1. The molecule has 2 aliphatic carbocycles. The van der Waals surface area contributed by atoms with Crippen molar-refractivity contribution in [1.29, 1.82) is 0 Å². The first kappa shape index (κ1) is 22.7. The van der Waals surface area contributed by atoms with Crippen molar-refractivity contribution in [3.63, 3.8) is 0 Å². The Labute approximate surface area is 188 Å². The van der Waals surface area contributed by atoms with E-state index in [-0.39, 0.29) is 23.8 Å². The molecule has 2 atom stereocenters. The van der Waals surface area contributed by atoms with Crippen LogP contribution in [0.4, 0.5) is 0 Å². The third kappa shape index (κ3) is 5.47. The quantitative estimate of drug-likeness (QED) is 0.618. The summed E-state index contributed by atoms with van der Waals surface area (Å²) in [6.45, 7) is 0. The second-order valence-electron chi connectivity index (χ2n) is 8.83. The molecule has 2 N–H and O–H groups in total. The van der Waals surface area contributed by atoms with E-state index in [1.54, 1.807) is 7.05 Å². The summed E-state index contributed by atoms with van der Waals surface area (Å²) >= 11 is 0. The molecule has 9 nitrogen and oxygen atoms in total. The number of carbonyl (C=O) groups is 1. The number of rotatable bonds is 8. The lowest BCUT2D eigenvalue weighted by Gasteiger charge is -2.27. The van der Waals surface area contributed by atoms with Gasteiger partial charge in [0.15, 0.2) is 0 Å². The zero-order valence-corrected chi connectivity index (χ0v) is 19.1. The van der Waals surface area contributed by atoms with E-state index in [9.17, 15) is 18.3 Å². The zero-order valence-electron chi connectivity index (χ0n) is 18.2. The van der Waals surface area contributed by atoms with Gasteiger partial charge in [0.1, 0.15) is 17.2 Å². The highest BCUT2D eigenvalue weighted by Gasteiger charge is 2.28. The Bertz CT molecular complexity index is 1040. The van der Waals surface area contributed by atoms with Crippen LogP contribution in [0.3, 0.4) is 0 Å². The van der Waals surface area contributed by atoms with Crippen LogP contribution in [-0.2, 0) is 27.6 Å². The van der Waals surface area contributed by atoms with Crippen LogP contribution in [0.2, 0.25) is 0 Å². The minimum atomic E-state index is -3.50. The number of nitrogens with one attached hydrogen (secondary N) is 1. The second kappa shape index (κ2) is 9.58. The fourth-order valence-electron chi connectivity index (χ4n) is 4.64. The van der Waals surface area contributed by atoms with Gasteiger partial charge in [-0.25, -0.2) is 13.1 Å². The highest BCUT2D eigenvalue weighted by atomic mass is 32.2. The van der Waals surface area contributed by atoms with Gasteiger partial charge in [-0.15, -0.1) is 5.10 Å². The standard InChI is InChI=1S/C22H30N4O5S/c1-26-20(14-32(29,30)24-17-6-2-3-7-17)21(23-25-26)15-9-11-18(12-10-15)31-19-8-4-5-16(13-19)22(27)28/h9-12,16-17,19,24H,2-8,13-14H2,1H3,(H,27,28)/t16-,19?/m0/s1. The minimum absolute atomic E-state index is 0.0154. The number of sulfonamides is 1. The fourth-order valence-corrected chi connectivity index (χ4v) is 6.15. The highest BCUT2D eigenvalue weighted by Crippen LogP contribution is 2.30. The average molecular weight is 463 g/mol. The third-order valence-corrected chi connectivity index (χ3v) is 7.72. The molecule has 2 aromatic rings. The number of aromatic nitrogens is 3. The van der Waals surface area contributed by atoms with Crippen molar-refractivity contribution in [3.05, 3.63) is 30.0 Å². The molecule has 0 amide bonds. The molecule has 1 heterocycles. The predicted molar refractivity (Wildman–Crippen MR) is 118 cm³/mol. The topological polar surface area (TPSA) is 123 Å². The molecule has 1 unspecified atom stereocenters. The number of hydrogen-bond donors (Lipinski definition) is 2. The second-order valence-corrected chi connectivity index (χ2v) is 10.6. The monoisotopic (exact) mass is 462 g/mol. The molecule has 1 aromatic heterocycles. The molecule has 0 radical (unpaired) electrons. The number of hydrogen-bond acceptors (Lipinski definition) is 6. The molecule has 1 aromatic carbocycles. The largest absolute Gasteiger partial charge is 0.490 e. The van der Waals surface area contributed by atoms with E-state index in [0.717, 1.165) is 44.1 Å². The summed E-state index contributed by atoms with van der Waals surface area (Å²) in [6, 6.07) is 7.29. The van der Waals surface area contributed by atoms with Gasteiger partial charge in [0.25, 0.3) is 0 Å². The van der Waals surface area contributed by atoms with Crippen LogP contribution in [0, 0.1) is 5.92 Å². The van der Waals surface area contributed by atoms with E-state index >= 15 is 0 Å². The Morgan fingerprint density at radius 3 is 2.56 bits per heavy atom. The van der Waals surface area contributed by atoms with Gasteiger partial charge in [-0.05, 0) is 62.8 Å². The van der Waals surface area contributed by atoms with Gasteiger partial charge in [0.2, 0.25) is 10.0 Å². The van der Waals surface area contributed by atoms with Crippen LogP contribution < -0.4 is 9.46 Å². The van der Waals surface area contributed by atoms with E-state index in [1.807, 2.05) is 24.3 Å². The predicted octanol–water partition coefficient (Wildman–Crippen LogP) is 2.87. The molecule has 4 rings (SSSR count). The van der Waals surface area contributed by atoms with Crippen molar-refractivity contribution in [2.75, 3.05) is 0 Å². The van der Waals surface area contributed by atoms with E-state index < -0.39 is 16.0 Å². The molecule has 0 spiro atoms. The van der Waals surface area contributed by atoms with Gasteiger partial charge >= 0.3 is 5.97 Å². The highest BCUT2D eigenvalue weighted by molar-refractivity contribution is 7.88. The maximum Gasteiger partial charge on any atom is 0.306 e. The van der Waals surface area contributed by atoms with Gasteiger partial charge in [-0.3, -0.25) is 9.48 Å². The molecular formula is C22H30N4O5S. The first-order valence-corrected chi connectivity index (χ1v) is 12.8. The Kier molecular flexibility index (Phi) is 6.80. The molecule has 2 aliphatic rings. The number of carboxylic acid groups (broad SMARTS) is 1. The van der Waals surface area contributed by atoms with Crippen LogP contribution in [0.15, 0.2) is 24.3 Å². The van der Waals surface area contributed by atoms with E-state index in [2.05, 4.69) is 15.0 Å². The smallest absolute Gasteiger partial charge is 0.306 e. The van der Waals surface area contributed by atoms with Gasteiger partial charge in [-0.1, -0.05) is 18.1 Å². The lowest BCUT2D eigenvalue weighted by Crippen LogP contribution is -2.34. The summed E-state index contributed by atoms with van der Waals surface area (Å²) in [5.41, 5.74) is 1.81. The van der Waals surface area contributed by atoms with E-state index in [4.69, 9.17) is 4.74 Å². The SMILES string of the molecule is Cn1nnc(-c2ccc(OC3CCC[C@H](C(=O)O)C3)cc2)c1CS(=O)(=O)NC1CCCC1. The maximum atomic E-state index is 12.7. The zero-order chi connectivity index (χ0) is 22.7. The molecular weight excluding hydrogens is 432 g/mol. The molecule has 2 fully saturated rings. The normalized spacial score (nSPS) is 22.2. The summed E-state index contributed by atoms with van der Waals surface area (Å²) in [5, 5.41) is 17.5. The van der Waals surface area contributed by atoms with Crippen LogP contribution >= 0.6 is 0 Å². The van der Waals surface area contributed by atoms with Crippen LogP contribution in [0.1, 0.15) is 57.1 Å². The minimum Gasteiger partial charge on any atom is -0.490 e. The molecule has 2 saturated carbocycles. The molecule has 0 bridgehead atoms. The third-order valence-electron chi connectivity index (χ3n) is 6.38. The molecule has 174 valence electrons. The van der Waals surface area contributed by atoms with E-state index in [1.165, 1.54) is 4.68 Å². The number of carboxylic acids is 1. The van der Waals surface area contributed by atoms with Gasteiger partial charge < -0.3 is 9.84 Å². The molecule has 32 heavy (non-hydrogen) atoms. The van der Waals surface area contributed by atoms with Crippen molar-refractivity contribution in [2.24, 2.45) is 13.0 Å². The Morgan fingerprint density at radius 2 is 1.88 bits per heavy atom. The van der Waals surface area contributed by atoms with Crippen molar-refractivity contribution >= 4 is 16.0 Å². The van der Waals surface area contributed by atoms with Crippen molar-refractivity contribution in [2.45, 2.75) is 69.3 Å².